The molecule has 0 aliphatic carbocycles. The van der Waals surface area contributed by atoms with Gasteiger partial charge < -0.3 is 18.9 Å². The zero-order chi connectivity index (χ0) is 12.5. The van der Waals surface area contributed by atoms with Gasteiger partial charge in [0.25, 0.3) is 0 Å². The van der Waals surface area contributed by atoms with Crippen LogP contribution in [0.3, 0.4) is 0 Å². The highest BCUT2D eigenvalue weighted by Gasteiger charge is 2.35. The van der Waals surface area contributed by atoms with Gasteiger partial charge in [0, 0.05) is 10.0 Å². The van der Waals surface area contributed by atoms with E-state index >= 15 is 0 Å². The zero-order valence-corrected chi connectivity index (χ0v) is 11.7. The minimum atomic E-state index is -0.724. The molecule has 0 amide bonds. The molecule has 2 rings (SSSR count). The smallest absolute Gasteiger partial charge is 0.193 e. The third-order valence-corrected chi connectivity index (χ3v) is 3.46. The molecule has 0 unspecified atom stereocenters. The third kappa shape index (κ3) is 2.27. The van der Waals surface area contributed by atoms with Crippen LogP contribution in [0.1, 0.15) is 12.5 Å². The summed E-state index contributed by atoms with van der Waals surface area (Å²) in [6, 6.07) is 3.72. The van der Waals surface area contributed by atoms with Gasteiger partial charge in [-0.15, -0.1) is 0 Å². The van der Waals surface area contributed by atoms with Crippen molar-refractivity contribution in [1.82, 2.24) is 0 Å². The van der Waals surface area contributed by atoms with Crippen LogP contribution in [0.2, 0.25) is 0 Å². The van der Waals surface area contributed by atoms with Gasteiger partial charge in [-0.2, -0.15) is 0 Å². The molecule has 0 N–H and O–H groups in total. The fraction of sp³-hybridized carbons (Fsp3) is 0.500. The monoisotopic (exact) mass is 302 g/mol. The Morgan fingerprint density at radius 1 is 1.12 bits per heavy atom. The van der Waals surface area contributed by atoms with Crippen molar-refractivity contribution in [3.05, 3.63) is 22.2 Å². The largest absolute Gasteiger partial charge is 0.493 e. The molecule has 1 aromatic rings. The lowest BCUT2D eigenvalue weighted by Gasteiger charge is -2.25. The molecule has 0 atom stereocenters. The lowest BCUT2D eigenvalue weighted by atomic mass is 10.1. The molecule has 1 fully saturated rings. The van der Waals surface area contributed by atoms with Crippen LogP contribution in [0, 0.1) is 0 Å². The van der Waals surface area contributed by atoms with Gasteiger partial charge in [-0.25, -0.2) is 0 Å². The van der Waals surface area contributed by atoms with Crippen LogP contribution < -0.4 is 9.47 Å². The maximum absolute atomic E-state index is 5.63. The number of halogens is 1. The highest BCUT2D eigenvalue weighted by atomic mass is 79.9. The Bertz CT molecular complexity index is 413. The van der Waals surface area contributed by atoms with Crippen LogP contribution in [-0.4, -0.2) is 27.4 Å². The summed E-state index contributed by atoms with van der Waals surface area (Å²) in [6.07, 6.45) is 0. The van der Waals surface area contributed by atoms with Crippen LogP contribution in [0.25, 0.3) is 0 Å². The van der Waals surface area contributed by atoms with Gasteiger partial charge in [0.05, 0.1) is 27.4 Å². The van der Waals surface area contributed by atoms with Crippen molar-refractivity contribution < 1.29 is 18.9 Å². The second kappa shape index (κ2) is 4.84. The number of rotatable bonds is 3. The van der Waals surface area contributed by atoms with Crippen LogP contribution in [0.15, 0.2) is 16.6 Å². The maximum Gasteiger partial charge on any atom is 0.193 e. The van der Waals surface area contributed by atoms with Crippen molar-refractivity contribution in [1.29, 1.82) is 0 Å². The number of ether oxygens (including phenoxy) is 4. The van der Waals surface area contributed by atoms with Gasteiger partial charge >= 0.3 is 0 Å². The molecule has 17 heavy (non-hydrogen) atoms. The van der Waals surface area contributed by atoms with E-state index in [4.69, 9.17) is 18.9 Å². The summed E-state index contributed by atoms with van der Waals surface area (Å²) in [7, 11) is 3.21. The van der Waals surface area contributed by atoms with Gasteiger partial charge in [-0.3, -0.25) is 0 Å². The lowest BCUT2D eigenvalue weighted by molar-refractivity contribution is -0.150. The highest BCUT2D eigenvalue weighted by Crippen LogP contribution is 2.41. The molecular formula is C12H15BrO4. The molecule has 5 heteroatoms. The Morgan fingerprint density at radius 3 is 2.18 bits per heavy atom. The van der Waals surface area contributed by atoms with Crippen LogP contribution in [-0.2, 0) is 15.3 Å². The molecular weight excluding hydrogens is 288 g/mol. The maximum atomic E-state index is 5.63. The first-order chi connectivity index (χ1) is 8.10. The van der Waals surface area contributed by atoms with Crippen molar-refractivity contribution in [2.75, 3.05) is 27.4 Å². The average molecular weight is 303 g/mol. The van der Waals surface area contributed by atoms with Crippen LogP contribution in [0.5, 0.6) is 11.5 Å². The average Bonchev–Trinajstić information content (AvgIpc) is 2.76. The molecule has 1 aliphatic rings. The molecule has 0 bridgehead atoms. The Balaban J connectivity index is 2.47. The summed E-state index contributed by atoms with van der Waals surface area (Å²) in [5.74, 6) is 0.606. The van der Waals surface area contributed by atoms with Gasteiger partial charge in [-0.05, 0) is 19.1 Å². The fourth-order valence-electron chi connectivity index (χ4n) is 1.87. The van der Waals surface area contributed by atoms with Crippen molar-refractivity contribution >= 4 is 15.9 Å². The number of methoxy groups -OCH3 is 2. The van der Waals surface area contributed by atoms with Crippen LogP contribution in [0.4, 0.5) is 0 Å². The van der Waals surface area contributed by atoms with E-state index in [1.165, 1.54) is 0 Å². The molecule has 0 radical (unpaired) electrons. The summed E-state index contributed by atoms with van der Waals surface area (Å²) in [6.45, 7) is 3.08. The number of hydrogen-bond acceptors (Lipinski definition) is 4. The lowest BCUT2D eigenvalue weighted by Crippen LogP contribution is -2.23. The fourth-order valence-corrected chi connectivity index (χ4v) is 2.55. The predicted octanol–water partition coefficient (Wildman–Crippen LogP) is 2.69. The highest BCUT2D eigenvalue weighted by molar-refractivity contribution is 9.10. The zero-order valence-electron chi connectivity index (χ0n) is 10.1. The first kappa shape index (κ1) is 12.7. The molecule has 0 spiro atoms. The van der Waals surface area contributed by atoms with Gasteiger partial charge in [0.15, 0.2) is 17.3 Å². The molecule has 1 aromatic carbocycles. The normalized spacial score (nSPS) is 18.1. The summed E-state index contributed by atoms with van der Waals surface area (Å²) in [5.41, 5.74) is 0.896. The van der Waals surface area contributed by atoms with E-state index in [0.29, 0.717) is 24.7 Å². The van der Waals surface area contributed by atoms with Gasteiger partial charge in [-0.1, -0.05) is 15.9 Å². The number of hydrogen-bond donors (Lipinski definition) is 0. The molecule has 94 valence electrons. The van der Waals surface area contributed by atoms with E-state index in [2.05, 4.69) is 15.9 Å². The van der Waals surface area contributed by atoms with E-state index in [-0.39, 0.29) is 0 Å². The standard InChI is InChI=1S/C12H15BrO4/c1-12(16-4-5-17-12)8-6-10(14-2)11(15-3)7-9(8)13/h6-7H,4-5H2,1-3H3. The van der Waals surface area contributed by atoms with Crippen molar-refractivity contribution in [2.24, 2.45) is 0 Å². The molecule has 1 saturated heterocycles. The summed E-state index contributed by atoms with van der Waals surface area (Å²) < 4.78 is 22.6. The summed E-state index contributed by atoms with van der Waals surface area (Å²) in [4.78, 5) is 0. The minimum absolute atomic E-state index is 0.595. The molecule has 4 nitrogen and oxygen atoms in total. The third-order valence-electron chi connectivity index (χ3n) is 2.80. The van der Waals surface area contributed by atoms with E-state index in [9.17, 15) is 0 Å². The second-order valence-electron chi connectivity index (χ2n) is 3.83. The molecule has 0 aromatic heterocycles. The predicted molar refractivity (Wildman–Crippen MR) is 66.5 cm³/mol. The first-order valence-electron chi connectivity index (χ1n) is 5.30. The van der Waals surface area contributed by atoms with Gasteiger partial charge in [0.2, 0.25) is 0 Å². The first-order valence-corrected chi connectivity index (χ1v) is 6.10. The van der Waals surface area contributed by atoms with E-state index in [1.54, 1.807) is 14.2 Å². The SMILES string of the molecule is COc1cc(Br)c(C2(C)OCCO2)cc1OC. The van der Waals surface area contributed by atoms with E-state index in [1.807, 2.05) is 19.1 Å². The van der Waals surface area contributed by atoms with E-state index in [0.717, 1.165) is 10.0 Å². The Labute approximate surface area is 109 Å². The van der Waals surface area contributed by atoms with E-state index < -0.39 is 5.79 Å². The molecule has 1 aliphatic heterocycles. The molecule has 0 saturated carbocycles. The number of benzene rings is 1. The van der Waals surface area contributed by atoms with Crippen LogP contribution >= 0.6 is 15.9 Å². The van der Waals surface area contributed by atoms with Gasteiger partial charge in [0.1, 0.15) is 0 Å². The second-order valence-corrected chi connectivity index (χ2v) is 4.68. The molecule has 1 heterocycles. The summed E-state index contributed by atoms with van der Waals surface area (Å²) in [5, 5.41) is 0. The topological polar surface area (TPSA) is 36.9 Å². The van der Waals surface area contributed by atoms with Crippen molar-refractivity contribution in [3.63, 3.8) is 0 Å². The quantitative estimate of drug-likeness (QED) is 0.860. The van der Waals surface area contributed by atoms with Crippen molar-refractivity contribution in [3.8, 4) is 11.5 Å². The Morgan fingerprint density at radius 2 is 1.65 bits per heavy atom. The minimum Gasteiger partial charge on any atom is -0.493 e. The Hall–Kier alpha value is -0.780. The van der Waals surface area contributed by atoms with Crippen molar-refractivity contribution in [2.45, 2.75) is 12.7 Å². The summed E-state index contributed by atoms with van der Waals surface area (Å²) >= 11 is 3.50. The Kier molecular flexibility index (Phi) is 3.61.